The molecule has 7 nitrogen and oxygen atoms in total. The first-order valence-electron chi connectivity index (χ1n) is 11.4. The normalized spacial score (nSPS) is 20.0. The van der Waals surface area contributed by atoms with E-state index in [1.54, 1.807) is 20.8 Å². The minimum atomic E-state index is -2.98. The first-order chi connectivity index (χ1) is 14.0. The lowest BCUT2D eigenvalue weighted by atomic mass is 9.50. The molecular formula is C24H44O7. The van der Waals surface area contributed by atoms with Crippen LogP contribution in [0.4, 0.5) is 0 Å². The first-order valence-corrected chi connectivity index (χ1v) is 11.4. The Morgan fingerprint density at radius 3 is 1.23 bits per heavy atom. The summed E-state index contributed by atoms with van der Waals surface area (Å²) in [4.78, 5) is 38.1. The topological polar surface area (TPSA) is 132 Å². The van der Waals surface area contributed by atoms with Crippen LogP contribution in [0.15, 0.2) is 0 Å². The number of carbonyl (C=O) groups is 3. The van der Waals surface area contributed by atoms with Gasteiger partial charge in [-0.15, -0.1) is 0 Å². The maximum absolute atomic E-state index is 13.0. The molecule has 0 aromatic rings. The highest BCUT2D eigenvalue weighted by molar-refractivity contribution is 5.94. The van der Waals surface area contributed by atoms with E-state index in [1.807, 2.05) is 41.5 Å². The van der Waals surface area contributed by atoms with E-state index in [0.29, 0.717) is 19.3 Å². The average Bonchev–Trinajstić information content (AvgIpc) is 2.51. The molecule has 5 atom stereocenters. The highest BCUT2D eigenvalue weighted by atomic mass is 16.4. The van der Waals surface area contributed by atoms with Crippen LogP contribution in [0.5, 0.6) is 0 Å². The highest BCUT2D eigenvalue weighted by Crippen LogP contribution is 2.54. The zero-order valence-corrected chi connectivity index (χ0v) is 20.7. The lowest BCUT2D eigenvalue weighted by Crippen LogP contribution is -2.70. The van der Waals surface area contributed by atoms with Crippen LogP contribution in [-0.2, 0) is 14.4 Å². The lowest BCUT2D eigenvalue weighted by Gasteiger charge is -2.52. The Morgan fingerprint density at radius 2 is 1.00 bits per heavy atom. The molecule has 0 saturated heterocycles. The maximum atomic E-state index is 13.0. The molecule has 0 rings (SSSR count). The third-order valence-corrected chi connectivity index (χ3v) is 6.64. The van der Waals surface area contributed by atoms with E-state index in [9.17, 15) is 34.8 Å². The van der Waals surface area contributed by atoms with Crippen molar-refractivity contribution in [2.45, 2.75) is 87.2 Å². The fourth-order valence-corrected chi connectivity index (χ4v) is 5.89. The zero-order valence-electron chi connectivity index (χ0n) is 20.7. The quantitative estimate of drug-likeness (QED) is 0.307. The van der Waals surface area contributed by atoms with E-state index in [-0.39, 0.29) is 17.8 Å². The van der Waals surface area contributed by atoms with Crippen LogP contribution in [0.3, 0.4) is 0 Å². The molecule has 0 bridgehead atoms. The van der Waals surface area contributed by atoms with Crippen molar-refractivity contribution in [1.29, 1.82) is 0 Å². The van der Waals surface area contributed by atoms with Crippen molar-refractivity contribution in [3.63, 3.8) is 0 Å². The summed E-state index contributed by atoms with van der Waals surface area (Å²) >= 11 is 0. The summed E-state index contributed by atoms with van der Waals surface area (Å²) in [6.07, 6.45) is 1.03. The van der Waals surface area contributed by atoms with Gasteiger partial charge in [-0.2, -0.15) is 0 Å². The summed E-state index contributed by atoms with van der Waals surface area (Å²) in [6, 6.07) is 0. The molecule has 0 aliphatic heterocycles. The van der Waals surface area contributed by atoms with Crippen LogP contribution >= 0.6 is 0 Å². The van der Waals surface area contributed by atoms with Crippen LogP contribution in [-0.4, -0.2) is 43.9 Å². The van der Waals surface area contributed by atoms with E-state index in [0.717, 1.165) is 0 Å². The number of carboxylic acids is 3. The minimum Gasteiger partial charge on any atom is -0.481 e. The number of rotatable bonds is 14. The fourth-order valence-electron chi connectivity index (χ4n) is 5.89. The van der Waals surface area contributed by atoms with E-state index in [2.05, 4.69) is 0 Å². The van der Waals surface area contributed by atoms with Crippen LogP contribution < -0.4 is 0 Å². The van der Waals surface area contributed by atoms with Crippen LogP contribution in [0.2, 0.25) is 0 Å². The number of aliphatic hydroxyl groups is 1. The van der Waals surface area contributed by atoms with E-state index >= 15 is 0 Å². The smallest absolute Gasteiger partial charge is 0.337 e. The van der Waals surface area contributed by atoms with Crippen molar-refractivity contribution in [3.8, 4) is 0 Å². The Morgan fingerprint density at radius 1 is 0.645 bits per heavy atom. The highest BCUT2D eigenvalue weighted by Gasteiger charge is 2.71. The summed E-state index contributed by atoms with van der Waals surface area (Å²) in [7, 11) is 0. The molecule has 0 amide bonds. The van der Waals surface area contributed by atoms with E-state index < -0.39 is 52.6 Å². The molecule has 0 aromatic carbocycles. The predicted octanol–water partition coefficient (Wildman–Crippen LogP) is 4.62. The van der Waals surface area contributed by atoms with Crippen molar-refractivity contribution < 1.29 is 34.8 Å². The molecule has 0 heterocycles. The second-order valence-corrected chi connectivity index (χ2v) is 10.7. The molecule has 0 radical (unpaired) electrons. The Labute approximate surface area is 187 Å². The van der Waals surface area contributed by atoms with Gasteiger partial charge in [-0.25, -0.2) is 4.79 Å². The molecular weight excluding hydrogens is 400 g/mol. The summed E-state index contributed by atoms with van der Waals surface area (Å²) in [6.45, 7) is 16.2. The maximum Gasteiger partial charge on any atom is 0.337 e. The largest absolute Gasteiger partial charge is 0.481 e. The van der Waals surface area contributed by atoms with Crippen LogP contribution in [0.1, 0.15) is 81.6 Å². The molecule has 0 spiro atoms. The van der Waals surface area contributed by atoms with Gasteiger partial charge < -0.3 is 20.4 Å². The summed E-state index contributed by atoms with van der Waals surface area (Å²) in [5, 5.41) is 42.8. The van der Waals surface area contributed by atoms with Crippen molar-refractivity contribution in [1.82, 2.24) is 0 Å². The van der Waals surface area contributed by atoms with Gasteiger partial charge in [-0.05, 0) is 54.8 Å². The summed E-state index contributed by atoms with van der Waals surface area (Å²) < 4.78 is 0. The Balaban J connectivity index is 7.28. The van der Waals surface area contributed by atoms with Crippen molar-refractivity contribution in [3.05, 3.63) is 0 Å². The predicted molar refractivity (Wildman–Crippen MR) is 120 cm³/mol. The molecule has 0 aromatic heterocycles. The van der Waals surface area contributed by atoms with Crippen LogP contribution in [0, 0.1) is 46.8 Å². The van der Waals surface area contributed by atoms with E-state index in [4.69, 9.17) is 0 Å². The Hall–Kier alpha value is -1.63. The number of hydrogen-bond acceptors (Lipinski definition) is 4. The third-order valence-electron chi connectivity index (χ3n) is 6.64. The molecule has 4 N–H and O–H groups in total. The molecule has 182 valence electrons. The molecule has 0 aliphatic carbocycles. The lowest BCUT2D eigenvalue weighted by molar-refractivity contribution is -0.226. The Bertz CT molecular complexity index is 609. The summed E-state index contributed by atoms with van der Waals surface area (Å²) in [5.74, 6) is -8.66. The van der Waals surface area contributed by atoms with Crippen molar-refractivity contribution in [2.24, 2.45) is 46.8 Å². The van der Waals surface area contributed by atoms with Gasteiger partial charge in [0.2, 0.25) is 0 Å². The molecule has 31 heavy (non-hydrogen) atoms. The van der Waals surface area contributed by atoms with Crippen LogP contribution in [0.25, 0.3) is 0 Å². The SMILES string of the molecule is CC(C)CC(C)C(C(=O)O)C(O)(C(=O)O)C(C(=O)O)(C(C)CC(C)C)C(C)CC(C)C. The first kappa shape index (κ1) is 29.4. The molecule has 7 heteroatoms. The minimum absolute atomic E-state index is 0.0365. The Kier molecular flexibility index (Phi) is 10.7. The van der Waals surface area contributed by atoms with Crippen molar-refractivity contribution >= 4 is 17.9 Å². The number of hydrogen-bond donors (Lipinski definition) is 4. The molecule has 0 aliphatic rings. The van der Waals surface area contributed by atoms with Gasteiger partial charge in [0, 0.05) is 0 Å². The van der Waals surface area contributed by atoms with Gasteiger partial charge in [-0.1, -0.05) is 62.3 Å². The fraction of sp³-hybridized carbons (Fsp3) is 0.875. The number of aliphatic carboxylic acids is 3. The van der Waals surface area contributed by atoms with Gasteiger partial charge in [0.1, 0.15) is 5.41 Å². The van der Waals surface area contributed by atoms with Gasteiger partial charge in [0.25, 0.3) is 0 Å². The second-order valence-electron chi connectivity index (χ2n) is 10.7. The van der Waals surface area contributed by atoms with Gasteiger partial charge in [0.15, 0.2) is 5.60 Å². The second kappa shape index (κ2) is 11.3. The third kappa shape index (κ3) is 5.99. The number of carboxylic acid groups (broad SMARTS) is 3. The van der Waals surface area contributed by atoms with E-state index in [1.165, 1.54) is 0 Å². The standard InChI is InChI=1S/C24H44O7/c1-13(2)10-16(7)19(20(25)26)24(31,22(29)30)23(21(27)28,17(8)11-14(3)4)18(9)12-15(5)6/h13-19,31H,10-12H2,1-9H3,(H,25,26)(H,27,28)(H,29,30). The van der Waals surface area contributed by atoms with Gasteiger partial charge >= 0.3 is 17.9 Å². The average molecular weight is 445 g/mol. The molecule has 0 fully saturated rings. The van der Waals surface area contributed by atoms with Gasteiger partial charge in [0.05, 0.1) is 5.92 Å². The van der Waals surface area contributed by atoms with Gasteiger partial charge in [-0.3, -0.25) is 9.59 Å². The molecule has 0 saturated carbocycles. The molecule has 5 unspecified atom stereocenters. The van der Waals surface area contributed by atoms with Crippen molar-refractivity contribution in [2.75, 3.05) is 0 Å². The zero-order chi connectivity index (χ0) is 24.9. The monoisotopic (exact) mass is 444 g/mol. The summed E-state index contributed by atoms with van der Waals surface area (Å²) in [5.41, 5.74) is -5.16.